The lowest BCUT2D eigenvalue weighted by Crippen LogP contribution is -2.39. The lowest BCUT2D eigenvalue weighted by Gasteiger charge is -2.19. The molecule has 3 heteroatoms. The molecule has 0 fully saturated rings. The number of hydrazine groups is 1. The van der Waals surface area contributed by atoms with E-state index in [1.165, 1.54) is 0 Å². The number of anilines is 1. The van der Waals surface area contributed by atoms with Crippen LogP contribution in [0.15, 0.2) is 43.0 Å². The van der Waals surface area contributed by atoms with Crippen LogP contribution in [0.2, 0.25) is 0 Å². The van der Waals surface area contributed by atoms with Crippen molar-refractivity contribution in [2.24, 2.45) is 0 Å². The molecule has 1 amide bonds. The number of amides is 1. The molecule has 1 N–H and O–H groups in total. The third-order valence-electron chi connectivity index (χ3n) is 2.01. The molecule has 3 nitrogen and oxygen atoms in total. The number of carbonyl (C=O) groups is 1. The summed E-state index contributed by atoms with van der Waals surface area (Å²) in [6.45, 7) is 3.58. The Morgan fingerprint density at radius 2 is 2.13 bits per heavy atom. The number of hydrogen-bond donors (Lipinski definition) is 1. The zero-order valence-corrected chi connectivity index (χ0v) is 8.94. The predicted octanol–water partition coefficient (Wildman–Crippen LogP) is 2.12. The van der Waals surface area contributed by atoms with Crippen LogP contribution in [0.3, 0.4) is 0 Å². The van der Waals surface area contributed by atoms with Gasteiger partial charge >= 0.3 is 0 Å². The van der Waals surface area contributed by atoms with Crippen molar-refractivity contribution >= 4 is 11.6 Å². The van der Waals surface area contributed by atoms with Crippen LogP contribution in [0.5, 0.6) is 0 Å². The summed E-state index contributed by atoms with van der Waals surface area (Å²) in [5, 5.41) is 1.71. The summed E-state index contributed by atoms with van der Waals surface area (Å²) >= 11 is 0. The van der Waals surface area contributed by atoms with Crippen LogP contribution in [0.1, 0.15) is 12.8 Å². The number of hydrogen-bond acceptors (Lipinski definition) is 2. The average molecular weight is 204 g/mol. The molecule has 0 aliphatic carbocycles. The highest BCUT2D eigenvalue weighted by Gasteiger charge is 2.03. The van der Waals surface area contributed by atoms with E-state index in [1.807, 2.05) is 37.4 Å². The molecule has 0 heterocycles. The number of para-hydroxylation sites is 1. The highest BCUT2D eigenvalue weighted by Crippen LogP contribution is 2.08. The summed E-state index contributed by atoms with van der Waals surface area (Å²) in [5.74, 6) is 0.00116. The minimum Gasteiger partial charge on any atom is -0.289 e. The molecule has 0 spiro atoms. The average Bonchev–Trinajstić information content (AvgIpc) is 2.27. The first-order valence-corrected chi connectivity index (χ1v) is 4.93. The van der Waals surface area contributed by atoms with Crippen molar-refractivity contribution in [3.63, 3.8) is 0 Å². The van der Waals surface area contributed by atoms with Gasteiger partial charge in [0, 0.05) is 13.5 Å². The monoisotopic (exact) mass is 204 g/mol. The third kappa shape index (κ3) is 3.85. The molecule has 0 atom stereocenters. The normalized spacial score (nSPS) is 9.40. The Balaban J connectivity index is 2.45. The van der Waals surface area contributed by atoms with Crippen LogP contribution >= 0.6 is 0 Å². The van der Waals surface area contributed by atoms with Gasteiger partial charge in [0.2, 0.25) is 5.91 Å². The highest BCUT2D eigenvalue weighted by molar-refractivity contribution is 5.77. The van der Waals surface area contributed by atoms with Crippen LogP contribution in [0.4, 0.5) is 5.69 Å². The van der Waals surface area contributed by atoms with Gasteiger partial charge in [-0.15, -0.1) is 6.58 Å². The van der Waals surface area contributed by atoms with E-state index in [0.29, 0.717) is 12.8 Å². The minimum atomic E-state index is 0.00116. The molecule has 15 heavy (non-hydrogen) atoms. The maximum atomic E-state index is 11.4. The number of rotatable bonds is 5. The van der Waals surface area contributed by atoms with Gasteiger partial charge in [-0.1, -0.05) is 24.3 Å². The van der Waals surface area contributed by atoms with Gasteiger partial charge in [-0.3, -0.25) is 15.2 Å². The van der Waals surface area contributed by atoms with Gasteiger partial charge in [-0.05, 0) is 18.6 Å². The number of benzene rings is 1. The number of carbonyl (C=O) groups excluding carboxylic acids is 1. The molecule has 0 unspecified atom stereocenters. The Labute approximate surface area is 90.4 Å². The second-order valence-electron chi connectivity index (χ2n) is 3.26. The van der Waals surface area contributed by atoms with Crippen molar-refractivity contribution in [3.05, 3.63) is 43.0 Å². The summed E-state index contributed by atoms with van der Waals surface area (Å²) in [6, 6.07) is 9.68. The maximum absolute atomic E-state index is 11.4. The van der Waals surface area contributed by atoms with Crippen LogP contribution in [0.25, 0.3) is 0 Å². The first kappa shape index (κ1) is 11.3. The molecular formula is C12H16N2O. The quantitative estimate of drug-likeness (QED) is 0.588. The SMILES string of the molecule is C=CCCC(=O)NN(C)c1ccccc1. The van der Waals surface area contributed by atoms with Crippen molar-refractivity contribution < 1.29 is 4.79 Å². The summed E-state index contributed by atoms with van der Waals surface area (Å²) in [4.78, 5) is 11.4. The van der Waals surface area contributed by atoms with Gasteiger partial charge in [0.15, 0.2) is 0 Å². The van der Waals surface area contributed by atoms with Gasteiger partial charge in [-0.2, -0.15) is 0 Å². The fourth-order valence-corrected chi connectivity index (χ4v) is 1.19. The molecular weight excluding hydrogens is 188 g/mol. The first-order valence-electron chi connectivity index (χ1n) is 4.93. The largest absolute Gasteiger partial charge is 0.289 e. The molecule has 1 aromatic carbocycles. The summed E-state index contributed by atoms with van der Waals surface area (Å²) in [7, 11) is 1.82. The summed E-state index contributed by atoms with van der Waals surface area (Å²) in [6.07, 6.45) is 2.91. The van der Waals surface area contributed by atoms with E-state index >= 15 is 0 Å². The second-order valence-corrected chi connectivity index (χ2v) is 3.26. The van der Waals surface area contributed by atoms with E-state index < -0.39 is 0 Å². The van der Waals surface area contributed by atoms with Gasteiger partial charge in [0.05, 0.1) is 5.69 Å². The molecule has 0 saturated heterocycles. The Morgan fingerprint density at radius 1 is 1.47 bits per heavy atom. The van der Waals surface area contributed by atoms with E-state index in [-0.39, 0.29) is 5.91 Å². The highest BCUT2D eigenvalue weighted by atomic mass is 16.2. The lowest BCUT2D eigenvalue weighted by molar-refractivity contribution is -0.121. The van der Waals surface area contributed by atoms with Crippen LogP contribution in [0, 0.1) is 0 Å². The molecule has 1 aromatic rings. The fraction of sp³-hybridized carbons (Fsp3) is 0.250. The molecule has 0 radical (unpaired) electrons. The van der Waals surface area contributed by atoms with Crippen molar-refractivity contribution in [2.45, 2.75) is 12.8 Å². The van der Waals surface area contributed by atoms with Gasteiger partial charge in [0.1, 0.15) is 0 Å². The van der Waals surface area contributed by atoms with Gasteiger partial charge in [0.25, 0.3) is 0 Å². The molecule has 0 aliphatic heterocycles. The smallest absolute Gasteiger partial charge is 0.238 e. The first-order chi connectivity index (χ1) is 7.24. The van der Waals surface area contributed by atoms with E-state index in [9.17, 15) is 4.79 Å². The Bertz CT molecular complexity index is 322. The second kappa shape index (κ2) is 5.86. The fourth-order valence-electron chi connectivity index (χ4n) is 1.19. The molecule has 80 valence electrons. The van der Waals surface area contributed by atoms with Crippen LogP contribution in [-0.2, 0) is 4.79 Å². The number of allylic oxidation sites excluding steroid dienone is 1. The number of nitrogens with zero attached hydrogens (tertiary/aromatic N) is 1. The van der Waals surface area contributed by atoms with E-state index in [1.54, 1.807) is 11.1 Å². The van der Waals surface area contributed by atoms with Crippen LogP contribution in [-0.4, -0.2) is 13.0 Å². The lowest BCUT2D eigenvalue weighted by atomic mass is 10.3. The Kier molecular flexibility index (Phi) is 4.41. The van der Waals surface area contributed by atoms with Crippen molar-refractivity contribution in [2.75, 3.05) is 12.1 Å². The summed E-state index contributed by atoms with van der Waals surface area (Å²) in [5.41, 5.74) is 3.74. The predicted molar refractivity (Wildman–Crippen MR) is 62.4 cm³/mol. The van der Waals surface area contributed by atoms with Gasteiger partial charge in [-0.25, -0.2) is 0 Å². The maximum Gasteiger partial charge on any atom is 0.238 e. The molecule has 0 saturated carbocycles. The topological polar surface area (TPSA) is 32.3 Å². The standard InChI is InChI=1S/C12H16N2O/c1-3-4-10-12(15)13-14(2)11-8-6-5-7-9-11/h3,5-9H,1,4,10H2,2H3,(H,13,15). The minimum absolute atomic E-state index is 0.00116. The Morgan fingerprint density at radius 3 is 2.73 bits per heavy atom. The molecule has 0 aliphatic rings. The molecule has 0 aromatic heterocycles. The number of nitrogens with one attached hydrogen (secondary N) is 1. The van der Waals surface area contributed by atoms with E-state index in [0.717, 1.165) is 5.69 Å². The van der Waals surface area contributed by atoms with E-state index in [2.05, 4.69) is 12.0 Å². The van der Waals surface area contributed by atoms with Crippen molar-refractivity contribution in [1.29, 1.82) is 0 Å². The van der Waals surface area contributed by atoms with Crippen molar-refractivity contribution in [1.82, 2.24) is 5.43 Å². The van der Waals surface area contributed by atoms with Crippen molar-refractivity contribution in [3.8, 4) is 0 Å². The zero-order chi connectivity index (χ0) is 11.1. The zero-order valence-electron chi connectivity index (χ0n) is 8.94. The van der Waals surface area contributed by atoms with E-state index in [4.69, 9.17) is 0 Å². The molecule has 1 rings (SSSR count). The molecule has 0 bridgehead atoms. The summed E-state index contributed by atoms with van der Waals surface area (Å²) < 4.78 is 0. The third-order valence-corrected chi connectivity index (χ3v) is 2.01. The van der Waals surface area contributed by atoms with Gasteiger partial charge < -0.3 is 0 Å². The van der Waals surface area contributed by atoms with Crippen LogP contribution < -0.4 is 10.4 Å². The Hall–Kier alpha value is -1.77.